The molecule has 0 aromatic heterocycles. The first-order chi connectivity index (χ1) is 12.8. The van der Waals surface area contributed by atoms with Gasteiger partial charge in [-0.1, -0.05) is 66.2 Å². The van der Waals surface area contributed by atoms with Crippen LogP contribution in [0.2, 0.25) is 5.02 Å². The highest BCUT2D eigenvalue weighted by Crippen LogP contribution is 2.32. The van der Waals surface area contributed by atoms with Gasteiger partial charge in [-0.3, -0.25) is 4.90 Å². The first-order valence-corrected chi connectivity index (χ1v) is 10.1. The van der Waals surface area contributed by atoms with Crippen LogP contribution in [0.1, 0.15) is 36.8 Å². The third-order valence-electron chi connectivity index (χ3n) is 5.64. The lowest BCUT2D eigenvalue weighted by Gasteiger charge is -2.32. The Kier molecular flexibility index (Phi) is 7.18. The Morgan fingerprint density at radius 1 is 0.889 bits per heavy atom. The van der Waals surface area contributed by atoms with E-state index >= 15 is 0 Å². The van der Waals surface area contributed by atoms with Crippen LogP contribution in [0.15, 0.2) is 66.7 Å². The van der Waals surface area contributed by atoms with Crippen molar-refractivity contribution in [3.63, 3.8) is 0 Å². The molecule has 0 N–H and O–H groups in total. The number of hydrogen-bond donors (Lipinski definition) is 0. The maximum Gasteiger partial charge on any atom is 0.0406 e. The number of benzene rings is 2. The minimum atomic E-state index is 0. The molecule has 2 aromatic rings. The van der Waals surface area contributed by atoms with Crippen molar-refractivity contribution in [3.05, 3.63) is 82.9 Å². The van der Waals surface area contributed by atoms with E-state index in [1.807, 2.05) is 12.1 Å². The van der Waals surface area contributed by atoms with E-state index in [4.69, 9.17) is 11.6 Å². The fourth-order valence-corrected chi connectivity index (χ4v) is 4.33. The van der Waals surface area contributed by atoms with Gasteiger partial charge >= 0.3 is 0 Å². The minimum Gasteiger partial charge on any atom is -0.299 e. The van der Waals surface area contributed by atoms with Crippen LogP contribution in [0.3, 0.4) is 0 Å². The molecule has 0 amide bonds. The molecule has 4 rings (SSSR count). The molecule has 1 nitrogen and oxygen atoms in total. The number of allylic oxidation sites excluding steroid dienone is 2. The van der Waals surface area contributed by atoms with Crippen LogP contribution in [0.25, 0.3) is 11.1 Å². The molecule has 0 fully saturated rings. The van der Waals surface area contributed by atoms with Gasteiger partial charge < -0.3 is 0 Å². The van der Waals surface area contributed by atoms with E-state index in [1.54, 1.807) is 0 Å². The summed E-state index contributed by atoms with van der Waals surface area (Å²) >= 11 is 6.03. The van der Waals surface area contributed by atoms with Gasteiger partial charge in [0, 0.05) is 24.7 Å². The quantitative estimate of drug-likeness (QED) is 0.550. The SMILES string of the molecule is Cl.Clc1ccc(C2=CCC[C@@H](CN3CC=C(c4ccccc4)CC3)C2)cc1. The van der Waals surface area contributed by atoms with Crippen LogP contribution in [0, 0.1) is 5.92 Å². The third-order valence-corrected chi connectivity index (χ3v) is 5.90. The van der Waals surface area contributed by atoms with Gasteiger partial charge in [-0.05, 0) is 66.0 Å². The predicted octanol–water partition coefficient (Wildman–Crippen LogP) is 6.73. The van der Waals surface area contributed by atoms with Crippen molar-refractivity contribution >= 4 is 35.2 Å². The van der Waals surface area contributed by atoms with Gasteiger partial charge in [-0.25, -0.2) is 0 Å². The fraction of sp³-hybridized carbons (Fsp3) is 0.333. The summed E-state index contributed by atoms with van der Waals surface area (Å²) in [5.41, 5.74) is 5.73. The molecule has 1 heterocycles. The summed E-state index contributed by atoms with van der Waals surface area (Å²) in [6.45, 7) is 3.47. The minimum absolute atomic E-state index is 0. The van der Waals surface area contributed by atoms with Crippen LogP contribution >= 0.6 is 24.0 Å². The number of halogens is 2. The summed E-state index contributed by atoms with van der Waals surface area (Å²) in [5, 5.41) is 0.816. The average Bonchev–Trinajstić information content (AvgIpc) is 2.70. The Morgan fingerprint density at radius 3 is 2.33 bits per heavy atom. The van der Waals surface area contributed by atoms with Crippen molar-refractivity contribution in [2.24, 2.45) is 5.92 Å². The highest BCUT2D eigenvalue weighted by Gasteiger charge is 2.21. The fourth-order valence-electron chi connectivity index (χ4n) is 4.20. The molecule has 3 heteroatoms. The summed E-state index contributed by atoms with van der Waals surface area (Å²) in [4.78, 5) is 2.63. The second kappa shape index (κ2) is 9.59. The topological polar surface area (TPSA) is 3.24 Å². The van der Waals surface area contributed by atoms with Crippen LogP contribution in [-0.2, 0) is 0 Å². The molecule has 0 spiro atoms. The summed E-state index contributed by atoms with van der Waals surface area (Å²) < 4.78 is 0. The van der Waals surface area contributed by atoms with Gasteiger partial charge in [0.05, 0.1) is 0 Å². The van der Waals surface area contributed by atoms with Crippen LogP contribution in [-0.4, -0.2) is 24.5 Å². The average molecular weight is 400 g/mol. The van der Waals surface area contributed by atoms with Crippen molar-refractivity contribution in [3.8, 4) is 0 Å². The first kappa shape index (κ1) is 20.2. The predicted molar refractivity (Wildman–Crippen MR) is 119 cm³/mol. The van der Waals surface area contributed by atoms with Gasteiger partial charge in [0.25, 0.3) is 0 Å². The van der Waals surface area contributed by atoms with Crippen molar-refractivity contribution in [1.82, 2.24) is 4.90 Å². The van der Waals surface area contributed by atoms with E-state index in [-0.39, 0.29) is 12.4 Å². The summed E-state index contributed by atoms with van der Waals surface area (Å²) in [6.07, 6.45) is 9.70. The zero-order chi connectivity index (χ0) is 17.8. The standard InChI is InChI=1S/C24H26ClN.ClH/c25-24-11-9-21(10-12-24)23-8-4-5-19(17-23)18-26-15-13-22(14-16-26)20-6-2-1-3-7-20;/h1-3,6-13,19H,4-5,14-18H2;1H/t19-;/m1./s1. The molecule has 0 radical (unpaired) electrons. The molecular weight excluding hydrogens is 373 g/mol. The Hall–Kier alpha value is -1.54. The van der Waals surface area contributed by atoms with E-state index in [1.165, 1.54) is 54.6 Å². The highest BCUT2D eigenvalue weighted by atomic mass is 35.5. The molecule has 1 atom stereocenters. The number of hydrogen-bond acceptors (Lipinski definition) is 1. The molecule has 0 unspecified atom stereocenters. The molecule has 27 heavy (non-hydrogen) atoms. The Bertz CT molecular complexity index is 793. The van der Waals surface area contributed by atoms with E-state index in [2.05, 4.69) is 59.5 Å². The molecule has 0 bridgehead atoms. The zero-order valence-corrected chi connectivity index (χ0v) is 17.2. The molecular formula is C24H27Cl2N. The lowest BCUT2D eigenvalue weighted by molar-refractivity contribution is 0.244. The van der Waals surface area contributed by atoms with Crippen molar-refractivity contribution in [2.45, 2.75) is 25.7 Å². The maximum absolute atomic E-state index is 6.03. The summed E-state index contributed by atoms with van der Waals surface area (Å²) in [5.74, 6) is 0.761. The van der Waals surface area contributed by atoms with Crippen LogP contribution in [0.4, 0.5) is 0 Å². The summed E-state index contributed by atoms with van der Waals surface area (Å²) in [7, 11) is 0. The highest BCUT2D eigenvalue weighted by molar-refractivity contribution is 6.30. The van der Waals surface area contributed by atoms with E-state index < -0.39 is 0 Å². The van der Waals surface area contributed by atoms with Gasteiger partial charge in [0.2, 0.25) is 0 Å². The largest absolute Gasteiger partial charge is 0.299 e. The Balaban J connectivity index is 0.00000210. The van der Waals surface area contributed by atoms with E-state index in [0.717, 1.165) is 23.9 Å². The Labute approximate surface area is 174 Å². The lowest BCUT2D eigenvalue weighted by atomic mass is 9.85. The third kappa shape index (κ3) is 5.25. The second-order valence-corrected chi connectivity index (χ2v) is 7.93. The smallest absolute Gasteiger partial charge is 0.0406 e. The monoisotopic (exact) mass is 399 g/mol. The van der Waals surface area contributed by atoms with Crippen molar-refractivity contribution in [2.75, 3.05) is 19.6 Å². The van der Waals surface area contributed by atoms with Gasteiger partial charge in [0.15, 0.2) is 0 Å². The van der Waals surface area contributed by atoms with Crippen molar-refractivity contribution in [1.29, 1.82) is 0 Å². The second-order valence-electron chi connectivity index (χ2n) is 7.49. The molecule has 1 aliphatic heterocycles. The number of rotatable bonds is 4. The van der Waals surface area contributed by atoms with E-state index in [0.29, 0.717) is 0 Å². The van der Waals surface area contributed by atoms with Gasteiger partial charge in [-0.2, -0.15) is 0 Å². The Morgan fingerprint density at radius 2 is 1.63 bits per heavy atom. The molecule has 0 saturated heterocycles. The summed E-state index contributed by atoms with van der Waals surface area (Å²) in [6, 6.07) is 19.1. The molecule has 0 saturated carbocycles. The number of nitrogens with zero attached hydrogens (tertiary/aromatic N) is 1. The van der Waals surface area contributed by atoms with Crippen molar-refractivity contribution < 1.29 is 0 Å². The van der Waals surface area contributed by atoms with Crippen LogP contribution in [0.5, 0.6) is 0 Å². The van der Waals surface area contributed by atoms with Gasteiger partial charge in [-0.15, -0.1) is 12.4 Å². The normalized spacial score (nSPS) is 20.4. The van der Waals surface area contributed by atoms with Gasteiger partial charge in [0.1, 0.15) is 0 Å². The first-order valence-electron chi connectivity index (χ1n) is 9.70. The zero-order valence-electron chi connectivity index (χ0n) is 15.6. The van der Waals surface area contributed by atoms with E-state index in [9.17, 15) is 0 Å². The molecule has 142 valence electrons. The molecule has 1 aliphatic carbocycles. The molecule has 2 aliphatic rings. The maximum atomic E-state index is 6.03. The lowest BCUT2D eigenvalue weighted by Crippen LogP contribution is -2.33. The molecule has 2 aromatic carbocycles. The van der Waals surface area contributed by atoms with Crippen LogP contribution < -0.4 is 0 Å².